The molecule has 1 aromatic carbocycles. The lowest BCUT2D eigenvalue weighted by atomic mass is 10.1. The molecule has 0 aliphatic heterocycles. The zero-order chi connectivity index (χ0) is 10.4. The van der Waals surface area contributed by atoms with E-state index in [2.05, 4.69) is 5.32 Å². The smallest absolute Gasteiger partial charge is 0.233 e. The molecule has 0 aliphatic rings. The third-order valence-electron chi connectivity index (χ3n) is 1.98. The van der Waals surface area contributed by atoms with Crippen LogP contribution in [0.1, 0.15) is 12.5 Å². The predicted molar refractivity (Wildman–Crippen MR) is 56.8 cm³/mol. The number of rotatable bonds is 4. The Hall–Kier alpha value is -1.35. The van der Waals surface area contributed by atoms with Crippen molar-refractivity contribution < 1.29 is 4.79 Å². The summed E-state index contributed by atoms with van der Waals surface area (Å²) in [5.74, 6) is -0.103. The van der Waals surface area contributed by atoms with Crippen LogP contribution < -0.4 is 11.1 Å². The monoisotopic (exact) mass is 192 g/mol. The molecule has 0 bridgehead atoms. The molecule has 0 fully saturated rings. The molecule has 1 unspecified atom stereocenters. The zero-order valence-corrected chi connectivity index (χ0v) is 8.36. The molecule has 1 rings (SSSR count). The quantitative estimate of drug-likeness (QED) is 0.737. The van der Waals surface area contributed by atoms with Gasteiger partial charge < -0.3 is 11.1 Å². The first-order valence-corrected chi connectivity index (χ1v) is 4.75. The molecular formula is C11H16N2O. The van der Waals surface area contributed by atoms with Crippen LogP contribution in [0.25, 0.3) is 0 Å². The van der Waals surface area contributed by atoms with E-state index >= 15 is 0 Å². The van der Waals surface area contributed by atoms with Crippen LogP contribution in [0.5, 0.6) is 0 Å². The van der Waals surface area contributed by atoms with Crippen molar-refractivity contribution in [3.05, 3.63) is 35.9 Å². The second kappa shape index (κ2) is 5.40. The van der Waals surface area contributed by atoms with Gasteiger partial charge in [-0.05, 0) is 18.9 Å². The third kappa shape index (κ3) is 3.58. The molecule has 0 saturated heterocycles. The maximum Gasteiger partial charge on any atom is 0.233 e. The standard InChI is InChI=1S/C11H16N2O/c1-9(13-11(14)8-12)7-10-5-3-2-4-6-10/h2-6,9H,7-8,12H2,1H3,(H,13,14). The fourth-order valence-electron chi connectivity index (χ4n) is 1.35. The van der Waals surface area contributed by atoms with E-state index in [0.29, 0.717) is 0 Å². The summed E-state index contributed by atoms with van der Waals surface area (Å²) in [4.78, 5) is 11.0. The summed E-state index contributed by atoms with van der Waals surface area (Å²) in [7, 11) is 0. The summed E-state index contributed by atoms with van der Waals surface area (Å²) in [5.41, 5.74) is 6.42. The van der Waals surface area contributed by atoms with E-state index in [0.717, 1.165) is 6.42 Å². The highest BCUT2D eigenvalue weighted by molar-refractivity contribution is 5.78. The third-order valence-corrected chi connectivity index (χ3v) is 1.98. The largest absolute Gasteiger partial charge is 0.352 e. The number of nitrogens with one attached hydrogen (secondary N) is 1. The maximum atomic E-state index is 11.0. The van der Waals surface area contributed by atoms with Gasteiger partial charge in [-0.15, -0.1) is 0 Å². The Morgan fingerprint density at radius 3 is 2.64 bits per heavy atom. The van der Waals surface area contributed by atoms with Crippen molar-refractivity contribution in [3.8, 4) is 0 Å². The fourth-order valence-corrected chi connectivity index (χ4v) is 1.35. The average Bonchev–Trinajstić information content (AvgIpc) is 2.19. The number of benzene rings is 1. The molecule has 0 aromatic heterocycles. The number of hydrogen-bond donors (Lipinski definition) is 2. The fraction of sp³-hybridized carbons (Fsp3) is 0.364. The van der Waals surface area contributed by atoms with Crippen LogP contribution in [0.3, 0.4) is 0 Å². The van der Waals surface area contributed by atoms with Crippen LogP contribution in [0.4, 0.5) is 0 Å². The van der Waals surface area contributed by atoms with E-state index in [9.17, 15) is 4.79 Å². The number of hydrogen-bond acceptors (Lipinski definition) is 2. The van der Waals surface area contributed by atoms with Crippen molar-refractivity contribution in [2.75, 3.05) is 6.54 Å². The second-order valence-electron chi connectivity index (χ2n) is 3.36. The molecular weight excluding hydrogens is 176 g/mol. The summed E-state index contributed by atoms with van der Waals surface area (Å²) in [5, 5.41) is 2.81. The Morgan fingerprint density at radius 1 is 1.43 bits per heavy atom. The van der Waals surface area contributed by atoms with Crippen molar-refractivity contribution in [2.45, 2.75) is 19.4 Å². The first kappa shape index (κ1) is 10.7. The van der Waals surface area contributed by atoms with E-state index in [1.807, 2.05) is 37.3 Å². The molecule has 0 radical (unpaired) electrons. The van der Waals surface area contributed by atoms with Crippen molar-refractivity contribution in [3.63, 3.8) is 0 Å². The molecule has 0 aliphatic carbocycles. The SMILES string of the molecule is CC(Cc1ccccc1)NC(=O)CN. The molecule has 0 saturated carbocycles. The lowest BCUT2D eigenvalue weighted by Gasteiger charge is -2.12. The van der Waals surface area contributed by atoms with Gasteiger partial charge in [-0.25, -0.2) is 0 Å². The van der Waals surface area contributed by atoms with Crippen LogP contribution in [-0.2, 0) is 11.2 Å². The van der Waals surface area contributed by atoms with Gasteiger partial charge in [-0.3, -0.25) is 4.79 Å². The molecule has 1 atom stereocenters. The average molecular weight is 192 g/mol. The minimum Gasteiger partial charge on any atom is -0.352 e. The van der Waals surface area contributed by atoms with E-state index in [4.69, 9.17) is 5.73 Å². The molecule has 3 nitrogen and oxygen atoms in total. The van der Waals surface area contributed by atoms with Crippen molar-refractivity contribution in [1.82, 2.24) is 5.32 Å². The van der Waals surface area contributed by atoms with E-state index in [1.54, 1.807) is 0 Å². The predicted octanol–water partition coefficient (Wildman–Crippen LogP) is 0.693. The summed E-state index contributed by atoms with van der Waals surface area (Å²) in [6.07, 6.45) is 0.840. The Morgan fingerprint density at radius 2 is 2.07 bits per heavy atom. The molecule has 3 heteroatoms. The normalized spacial score (nSPS) is 12.1. The summed E-state index contributed by atoms with van der Waals surface area (Å²) >= 11 is 0. The Labute approximate surface area is 84.3 Å². The Bertz CT molecular complexity index is 285. The number of carbonyl (C=O) groups is 1. The van der Waals surface area contributed by atoms with Gasteiger partial charge in [0.25, 0.3) is 0 Å². The number of amides is 1. The van der Waals surface area contributed by atoms with Crippen LogP contribution in [0, 0.1) is 0 Å². The molecule has 14 heavy (non-hydrogen) atoms. The maximum absolute atomic E-state index is 11.0. The van der Waals surface area contributed by atoms with Gasteiger partial charge in [0.1, 0.15) is 0 Å². The van der Waals surface area contributed by atoms with Crippen LogP contribution in [0.2, 0.25) is 0 Å². The van der Waals surface area contributed by atoms with Crippen molar-refractivity contribution in [2.24, 2.45) is 5.73 Å². The number of carbonyl (C=O) groups excluding carboxylic acids is 1. The molecule has 0 spiro atoms. The molecule has 0 heterocycles. The van der Waals surface area contributed by atoms with E-state index < -0.39 is 0 Å². The lowest BCUT2D eigenvalue weighted by Crippen LogP contribution is -2.38. The van der Waals surface area contributed by atoms with Gasteiger partial charge in [0.15, 0.2) is 0 Å². The van der Waals surface area contributed by atoms with Gasteiger partial charge in [-0.1, -0.05) is 30.3 Å². The van der Waals surface area contributed by atoms with E-state index in [-0.39, 0.29) is 18.5 Å². The highest BCUT2D eigenvalue weighted by atomic mass is 16.1. The van der Waals surface area contributed by atoms with Gasteiger partial charge in [0, 0.05) is 6.04 Å². The Balaban J connectivity index is 2.41. The molecule has 76 valence electrons. The van der Waals surface area contributed by atoms with Gasteiger partial charge >= 0.3 is 0 Å². The van der Waals surface area contributed by atoms with Crippen molar-refractivity contribution >= 4 is 5.91 Å². The molecule has 1 aromatic rings. The minimum absolute atomic E-state index is 0.0547. The molecule has 1 amide bonds. The summed E-state index contributed by atoms with van der Waals surface area (Å²) < 4.78 is 0. The lowest BCUT2D eigenvalue weighted by molar-refractivity contribution is -0.120. The van der Waals surface area contributed by atoms with Gasteiger partial charge in [0.05, 0.1) is 6.54 Å². The minimum atomic E-state index is -0.103. The summed E-state index contributed by atoms with van der Waals surface area (Å²) in [6, 6.07) is 10.2. The summed E-state index contributed by atoms with van der Waals surface area (Å²) in [6.45, 7) is 2.03. The Kier molecular flexibility index (Phi) is 4.13. The first-order chi connectivity index (χ1) is 6.72. The highest BCUT2D eigenvalue weighted by Gasteiger charge is 2.05. The highest BCUT2D eigenvalue weighted by Crippen LogP contribution is 2.02. The zero-order valence-electron chi connectivity index (χ0n) is 8.36. The van der Waals surface area contributed by atoms with Crippen LogP contribution in [-0.4, -0.2) is 18.5 Å². The van der Waals surface area contributed by atoms with Gasteiger partial charge in [0.2, 0.25) is 5.91 Å². The van der Waals surface area contributed by atoms with Crippen LogP contribution >= 0.6 is 0 Å². The second-order valence-corrected chi connectivity index (χ2v) is 3.36. The molecule has 3 N–H and O–H groups in total. The number of nitrogens with two attached hydrogens (primary N) is 1. The first-order valence-electron chi connectivity index (χ1n) is 4.75. The van der Waals surface area contributed by atoms with Crippen molar-refractivity contribution in [1.29, 1.82) is 0 Å². The van der Waals surface area contributed by atoms with Crippen LogP contribution in [0.15, 0.2) is 30.3 Å². The van der Waals surface area contributed by atoms with E-state index in [1.165, 1.54) is 5.56 Å². The topological polar surface area (TPSA) is 55.1 Å². The van der Waals surface area contributed by atoms with Gasteiger partial charge in [-0.2, -0.15) is 0 Å².